The molecule has 0 heterocycles. The molecule has 20 heavy (non-hydrogen) atoms. The number of carbonyl (C=O) groups excluding carboxylic acids is 1. The first-order valence-electron chi connectivity index (χ1n) is 7.14. The number of hydrogen-bond acceptors (Lipinski definition) is 3. The van der Waals surface area contributed by atoms with Crippen LogP contribution in [0.4, 0.5) is 5.69 Å². The average molecular weight is 295 g/mol. The Morgan fingerprint density at radius 3 is 2.35 bits per heavy atom. The van der Waals surface area contributed by atoms with Crippen LogP contribution in [-0.2, 0) is 14.6 Å². The molecule has 0 atom stereocenters. The van der Waals surface area contributed by atoms with Gasteiger partial charge in [0.2, 0.25) is 5.91 Å². The van der Waals surface area contributed by atoms with Gasteiger partial charge in [-0.1, -0.05) is 19.8 Å². The molecule has 1 aromatic rings. The molecule has 1 saturated carbocycles. The van der Waals surface area contributed by atoms with Gasteiger partial charge < -0.3 is 5.32 Å². The van der Waals surface area contributed by atoms with E-state index in [-0.39, 0.29) is 11.7 Å². The lowest BCUT2D eigenvalue weighted by atomic mass is 10.0. The van der Waals surface area contributed by atoms with Gasteiger partial charge in [0.1, 0.15) is 0 Å². The van der Waals surface area contributed by atoms with E-state index in [1.54, 1.807) is 31.2 Å². The number of sulfone groups is 1. The number of hydrogen-bond donors (Lipinski definition) is 1. The van der Waals surface area contributed by atoms with E-state index in [0.717, 1.165) is 12.8 Å². The van der Waals surface area contributed by atoms with Crippen molar-refractivity contribution in [1.29, 1.82) is 0 Å². The summed E-state index contributed by atoms with van der Waals surface area (Å²) in [4.78, 5) is 12.2. The van der Waals surface area contributed by atoms with E-state index in [0.29, 0.717) is 22.9 Å². The molecule has 0 saturated heterocycles. The summed E-state index contributed by atoms with van der Waals surface area (Å²) in [5.41, 5.74) is 0.656. The molecule has 5 heteroatoms. The number of nitrogens with one attached hydrogen (secondary N) is 1. The zero-order valence-electron chi connectivity index (χ0n) is 11.8. The van der Waals surface area contributed by atoms with Crippen LogP contribution in [0.25, 0.3) is 0 Å². The second kappa shape index (κ2) is 6.39. The monoisotopic (exact) mass is 295 g/mol. The van der Waals surface area contributed by atoms with E-state index in [2.05, 4.69) is 5.32 Å². The van der Waals surface area contributed by atoms with E-state index in [1.165, 1.54) is 12.8 Å². The average Bonchev–Trinajstić information content (AvgIpc) is 2.92. The molecule has 1 amide bonds. The lowest BCUT2D eigenvalue weighted by molar-refractivity contribution is -0.117. The molecular weight excluding hydrogens is 274 g/mol. The molecule has 0 radical (unpaired) electrons. The first kappa shape index (κ1) is 15.0. The van der Waals surface area contributed by atoms with Crippen molar-refractivity contribution in [2.24, 2.45) is 5.92 Å². The van der Waals surface area contributed by atoms with Crippen molar-refractivity contribution in [2.75, 3.05) is 11.1 Å². The molecule has 110 valence electrons. The number of benzene rings is 1. The Morgan fingerprint density at radius 1 is 1.20 bits per heavy atom. The molecule has 0 unspecified atom stereocenters. The Balaban J connectivity index is 1.95. The van der Waals surface area contributed by atoms with Crippen molar-refractivity contribution in [3.63, 3.8) is 0 Å². The first-order valence-corrected chi connectivity index (χ1v) is 8.79. The van der Waals surface area contributed by atoms with Crippen LogP contribution in [0.15, 0.2) is 29.2 Å². The second-order valence-electron chi connectivity index (χ2n) is 5.33. The lowest BCUT2D eigenvalue weighted by Crippen LogP contribution is -2.15. The van der Waals surface area contributed by atoms with Crippen LogP contribution >= 0.6 is 0 Å². The second-order valence-corrected chi connectivity index (χ2v) is 7.61. The van der Waals surface area contributed by atoms with Crippen LogP contribution in [0.1, 0.15) is 39.0 Å². The summed E-state index contributed by atoms with van der Waals surface area (Å²) < 4.78 is 23.4. The van der Waals surface area contributed by atoms with Crippen LogP contribution in [0.2, 0.25) is 0 Å². The largest absolute Gasteiger partial charge is 0.326 e. The van der Waals surface area contributed by atoms with Gasteiger partial charge in [0.05, 0.1) is 10.6 Å². The molecule has 1 aromatic carbocycles. The number of rotatable bonds is 5. The highest BCUT2D eigenvalue weighted by Crippen LogP contribution is 2.27. The van der Waals surface area contributed by atoms with E-state index in [4.69, 9.17) is 0 Å². The molecule has 2 rings (SSSR count). The van der Waals surface area contributed by atoms with Gasteiger partial charge in [-0.25, -0.2) is 8.42 Å². The Morgan fingerprint density at radius 2 is 1.80 bits per heavy atom. The third kappa shape index (κ3) is 3.82. The third-order valence-electron chi connectivity index (χ3n) is 3.83. The normalized spacial score (nSPS) is 16.2. The topological polar surface area (TPSA) is 63.2 Å². The molecule has 0 aromatic heterocycles. The molecule has 1 N–H and O–H groups in total. The highest BCUT2D eigenvalue weighted by Gasteiger charge is 2.18. The third-order valence-corrected chi connectivity index (χ3v) is 5.58. The molecule has 1 aliphatic rings. The quantitative estimate of drug-likeness (QED) is 0.908. The van der Waals surface area contributed by atoms with Crippen molar-refractivity contribution in [3.05, 3.63) is 24.3 Å². The Bertz CT molecular complexity index is 557. The number of anilines is 1. The van der Waals surface area contributed by atoms with Crippen LogP contribution in [0, 0.1) is 5.92 Å². The van der Waals surface area contributed by atoms with Gasteiger partial charge in [0.25, 0.3) is 0 Å². The van der Waals surface area contributed by atoms with Gasteiger partial charge in [0, 0.05) is 12.1 Å². The van der Waals surface area contributed by atoms with Crippen molar-refractivity contribution in [2.45, 2.75) is 43.9 Å². The summed E-state index contributed by atoms with van der Waals surface area (Å²) in [6.07, 6.45) is 5.29. The van der Waals surface area contributed by atoms with E-state index >= 15 is 0 Å². The van der Waals surface area contributed by atoms with Crippen LogP contribution in [-0.4, -0.2) is 20.1 Å². The standard InChI is InChI=1S/C15H21NO3S/c1-2-20(18,19)14-9-7-13(8-10-14)16-15(17)11-12-5-3-4-6-12/h7-10,12H,2-6,11H2,1H3,(H,16,17). The van der Waals surface area contributed by atoms with Crippen molar-refractivity contribution in [1.82, 2.24) is 0 Å². The Kier molecular flexibility index (Phi) is 4.81. The fourth-order valence-corrected chi connectivity index (χ4v) is 3.49. The zero-order valence-corrected chi connectivity index (χ0v) is 12.6. The first-order chi connectivity index (χ1) is 9.51. The molecule has 4 nitrogen and oxygen atoms in total. The fourth-order valence-electron chi connectivity index (χ4n) is 2.60. The minimum atomic E-state index is -3.17. The highest BCUT2D eigenvalue weighted by molar-refractivity contribution is 7.91. The summed E-state index contributed by atoms with van der Waals surface area (Å²) in [5, 5.41) is 2.83. The predicted octanol–water partition coefficient (Wildman–Crippen LogP) is 3.00. The van der Waals surface area contributed by atoms with Crippen molar-refractivity contribution >= 4 is 21.4 Å². The highest BCUT2D eigenvalue weighted by atomic mass is 32.2. The maximum Gasteiger partial charge on any atom is 0.224 e. The summed E-state index contributed by atoms with van der Waals surface area (Å²) in [7, 11) is -3.17. The maximum atomic E-state index is 11.9. The van der Waals surface area contributed by atoms with Crippen LogP contribution in [0.3, 0.4) is 0 Å². The van der Waals surface area contributed by atoms with Gasteiger partial charge >= 0.3 is 0 Å². The summed E-state index contributed by atoms with van der Waals surface area (Å²) in [6.45, 7) is 1.62. The zero-order chi connectivity index (χ0) is 14.6. The van der Waals surface area contributed by atoms with Gasteiger partial charge in [-0.3, -0.25) is 4.79 Å². The molecule has 0 bridgehead atoms. The Hall–Kier alpha value is -1.36. The molecular formula is C15H21NO3S. The summed E-state index contributed by atoms with van der Waals surface area (Å²) in [5.74, 6) is 0.609. The van der Waals surface area contributed by atoms with Crippen LogP contribution in [0.5, 0.6) is 0 Å². The van der Waals surface area contributed by atoms with Gasteiger partial charge in [-0.15, -0.1) is 0 Å². The van der Waals surface area contributed by atoms with Crippen molar-refractivity contribution < 1.29 is 13.2 Å². The van der Waals surface area contributed by atoms with Crippen LogP contribution < -0.4 is 5.32 Å². The van der Waals surface area contributed by atoms with Gasteiger partial charge in [0.15, 0.2) is 9.84 Å². The Labute approximate surface area is 120 Å². The van der Waals surface area contributed by atoms with Gasteiger partial charge in [-0.05, 0) is 43.0 Å². The summed E-state index contributed by atoms with van der Waals surface area (Å²) in [6, 6.07) is 6.39. The SMILES string of the molecule is CCS(=O)(=O)c1ccc(NC(=O)CC2CCCC2)cc1. The van der Waals surface area contributed by atoms with E-state index < -0.39 is 9.84 Å². The number of amides is 1. The van der Waals surface area contributed by atoms with Crippen molar-refractivity contribution in [3.8, 4) is 0 Å². The van der Waals surface area contributed by atoms with E-state index in [9.17, 15) is 13.2 Å². The maximum absolute atomic E-state index is 11.9. The number of carbonyl (C=O) groups is 1. The minimum Gasteiger partial charge on any atom is -0.326 e. The van der Waals surface area contributed by atoms with E-state index in [1.807, 2.05) is 0 Å². The molecule has 0 aliphatic heterocycles. The molecule has 1 fully saturated rings. The smallest absolute Gasteiger partial charge is 0.224 e. The minimum absolute atomic E-state index is 0.0167. The lowest BCUT2D eigenvalue weighted by Gasteiger charge is -2.10. The predicted molar refractivity (Wildman–Crippen MR) is 79.4 cm³/mol. The summed E-state index contributed by atoms with van der Waals surface area (Å²) >= 11 is 0. The molecule has 0 spiro atoms. The van der Waals surface area contributed by atoms with Gasteiger partial charge in [-0.2, -0.15) is 0 Å². The molecule has 1 aliphatic carbocycles. The fraction of sp³-hybridized carbons (Fsp3) is 0.533.